The van der Waals surface area contributed by atoms with E-state index in [1.165, 1.54) is 18.6 Å². The maximum atomic E-state index is 12.4. The number of likely N-dealkylation sites (tertiary alicyclic amines) is 1. The molecule has 0 aromatic carbocycles. The number of aromatic nitrogens is 2. The Balaban J connectivity index is 1.95. The lowest BCUT2D eigenvalue weighted by Gasteiger charge is -2.36. The summed E-state index contributed by atoms with van der Waals surface area (Å²) < 4.78 is 37.3. The van der Waals surface area contributed by atoms with Crippen molar-refractivity contribution in [2.24, 2.45) is 0 Å². The average Bonchev–Trinajstić information content (AvgIpc) is 2.58. The van der Waals surface area contributed by atoms with E-state index >= 15 is 0 Å². The first kappa shape index (κ1) is 18.5. The molecule has 0 unspecified atom stereocenters. The Morgan fingerprint density at radius 2 is 2.00 bits per heavy atom. The lowest BCUT2D eigenvalue weighted by atomic mass is 10.0. The van der Waals surface area contributed by atoms with Gasteiger partial charge >= 0.3 is 18.2 Å². The number of carbonyl (C=O) groups is 2. The summed E-state index contributed by atoms with van der Waals surface area (Å²) in [6.45, 7) is -0.404. The molecule has 0 atom stereocenters. The third-order valence-electron chi connectivity index (χ3n) is 3.71. The van der Waals surface area contributed by atoms with Crippen LogP contribution in [0, 0.1) is 11.8 Å². The molecule has 1 N–H and O–H groups in total. The SMILES string of the molecule is O=C(O)N(CC#Cc1cnccn1)C1CCN(C(=O)C(F)(F)F)CC1. The molecule has 2 amide bonds. The molecule has 0 radical (unpaired) electrons. The Labute approximate surface area is 141 Å². The summed E-state index contributed by atoms with van der Waals surface area (Å²) in [6.07, 6.45) is -1.52. The van der Waals surface area contributed by atoms with Crippen LogP contribution in [0.3, 0.4) is 0 Å². The monoisotopic (exact) mass is 356 g/mol. The number of rotatable bonds is 2. The molecule has 0 saturated carbocycles. The highest BCUT2D eigenvalue weighted by Crippen LogP contribution is 2.23. The molecular weight excluding hydrogens is 341 g/mol. The highest BCUT2D eigenvalue weighted by Gasteiger charge is 2.43. The zero-order chi connectivity index (χ0) is 18.4. The van der Waals surface area contributed by atoms with Crippen LogP contribution >= 0.6 is 0 Å². The molecule has 1 aliphatic heterocycles. The van der Waals surface area contributed by atoms with Gasteiger partial charge in [-0.3, -0.25) is 14.7 Å². The van der Waals surface area contributed by atoms with Crippen LogP contribution in [0.2, 0.25) is 0 Å². The molecule has 0 aliphatic carbocycles. The highest BCUT2D eigenvalue weighted by atomic mass is 19.4. The fraction of sp³-hybridized carbons (Fsp3) is 0.467. The summed E-state index contributed by atoms with van der Waals surface area (Å²) in [6, 6.07) is -0.494. The molecule has 1 aromatic rings. The largest absolute Gasteiger partial charge is 0.471 e. The van der Waals surface area contributed by atoms with Gasteiger partial charge in [-0.05, 0) is 18.8 Å². The highest BCUT2D eigenvalue weighted by molar-refractivity contribution is 5.82. The Hall–Kier alpha value is -2.83. The fourth-order valence-electron chi connectivity index (χ4n) is 2.49. The van der Waals surface area contributed by atoms with E-state index in [9.17, 15) is 27.9 Å². The summed E-state index contributed by atoms with van der Waals surface area (Å²) in [5.41, 5.74) is 0.387. The van der Waals surface area contributed by atoms with Crippen LogP contribution in [0.1, 0.15) is 18.5 Å². The molecule has 7 nitrogen and oxygen atoms in total. The van der Waals surface area contributed by atoms with Crippen molar-refractivity contribution in [1.82, 2.24) is 19.8 Å². The zero-order valence-electron chi connectivity index (χ0n) is 13.0. The van der Waals surface area contributed by atoms with Crippen molar-refractivity contribution >= 4 is 12.0 Å². The van der Waals surface area contributed by atoms with Gasteiger partial charge in [0.05, 0.1) is 12.7 Å². The van der Waals surface area contributed by atoms with Gasteiger partial charge in [0.25, 0.3) is 0 Å². The van der Waals surface area contributed by atoms with Gasteiger partial charge in [-0.1, -0.05) is 5.92 Å². The van der Waals surface area contributed by atoms with E-state index in [2.05, 4.69) is 21.8 Å². The summed E-state index contributed by atoms with van der Waals surface area (Å²) in [4.78, 5) is 32.1. The van der Waals surface area contributed by atoms with Gasteiger partial charge in [-0.25, -0.2) is 9.78 Å². The fourth-order valence-corrected chi connectivity index (χ4v) is 2.49. The van der Waals surface area contributed by atoms with Crippen molar-refractivity contribution in [3.05, 3.63) is 24.3 Å². The summed E-state index contributed by atoms with van der Waals surface area (Å²) in [5, 5.41) is 9.30. The number of carboxylic acid groups (broad SMARTS) is 1. The smallest absolute Gasteiger partial charge is 0.465 e. The summed E-state index contributed by atoms with van der Waals surface area (Å²) >= 11 is 0. The predicted octanol–water partition coefficient (Wildman–Crippen LogP) is 1.36. The van der Waals surface area contributed by atoms with Gasteiger partial charge in [0.1, 0.15) is 5.69 Å². The van der Waals surface area contributed by atoms with Crippen molar-refractivity contribution in [2.45, 2.75) is 25.1 Å². The van der Waals surface area contributed by atoms with E-state index in [1.54, 1.807) is 0 Å². The molecular formula is C15H15F3N4O3. The third kappa shape index (κ3) is 5.07. The van der Waals surface area contributed by atoms with Crippen molar-refractivity contribution in [3.8, 4) is 11.8 Å². The lowest BCUT2D eigenvalue weighted by Crippen LogP contribution is -2.51. The second-order valence-corrected chi connectivity index (χ2v) is 5.32. The maximum Gasteiger partial charge on any atom is 0.471 e. The minimum atomic E-state index is -4.92. The molecule has 25 heavy (non-hydrogen) atoms. The van der Waals surface area contributed by atoms with Gasteiger partial charge < -0.3 is 10.0 Å². The first-order chi connectivity index (χ1) is 11.8. The van der Waals surface area contributed by atoms with Crippen LogP contribution in [0.15, 0.2) is 18.6 Å². The number of nitrogens with zero attached hydrogens (tertiary/aromatic N) is 4. The zero-order valence-corrected chi connectivity index (χ0v) is 13.0. The van der Waals surface area contributed by atoms with E-state index in [4.69, 9.17) is 0 Å². The van der Waals surface area contributed by atoms with E-state index in [1.807, 2.05) is 0 Å². The summed E-state index contributed by atoms with van der Waals surface area (Å²) in [7, 11) is 0. The first-order valence-corrected chi connectivity index (χ1v) is 7.39. The number of halogens is 3. The third-order valence-corrected chi connectivity index (χ3v) is 3.71. The standard InChI is InChI=1S/C15H15F3N4O3/c16-15(17,18)13(23)21-8-3-12(4-9-21)22(14(24)25)7-1-2-11-10-19-5-6-20-11/h5-6,10,12H,3-4,7-9H2,(H,24,25). The topological polar surface area (TPSA) is 86.6 Å². The van der Waals surface area contributed by atoms with E-state index in [0.717, 1.165) is 4.90 Å². The molecule has 2 heterocycles. The number of amides is 2. The molecule has 0 bridgehead atoms. The molecule has 2 rings (SSSR count). The number of piperidine rings is 1. The Bertz CT molecular complexity index is 677. The van der Waals surface area contributed by atoms with Crippen LogP contribution < -0.4 is 0 Å². The van der Waals surface area contributed by atoms with E-state index in [0.29, 0.717) is 10.6 Å². The first-order valence-electron chi connectivity index (χ1n) is 7.39. The Morgan fingerprint density at radius 1 is 1.32 bits per heavy atom. The second-order valence-electron chi connectivity index (χ2n) is 5.32. The number of hydrogen-bond acceptors (Lipinski definition) is 4. The molecule has 0 spiro atoms. The average molecular weight is 356 g/mol. The Kier molecular flexibility index (Phi) is 5.80. The van der Waals surface area contributed by atoms with Crippen LogP contribution in [0.4, 0.5) is 18.0 Å². The van der Waals surface area contributed by atoms with Crippen molar-refractivity contribution in [3.63, 3.8) is 0 Å². The van der Waals surface area contributed by atoms with Crippen molar-refractivity contribution < 1.29 is 27.9 Å². The minimum absolute atomic E-state index is 0.107. The molecule has 134 valence electrons. The molecule has 1 fully saturated rings. The van der Waals surface area contributed by atoms with Gasteiger partial charge in [-0.15, -0.1) is 0 Å². The van der Waals surface area contributed by atoms with Crippen LogP contribution in [-0.4, -0.2) is 68.7 Å². The summed E-state index contributed by atoms with van der Waals surface area (Å²) in [5.74, 6) is 3.45. The molecule has 1 aliphatic rings. The maximum absolute atomic E-state index is 12.4. The van der Waals surface area contributed by atoms with Crippen LogP contribution in [0.5, 0.6) is 0 Å². The van der Waals surface area contributed by atoms with Gasteiger partial charge in [-0.2, -0.15) is 13.2 Å². The predicted molar refractivity (Wildman–Crippen MR) is 79.3 cm³/mol. The van der Waals surface area contributed by atoms with E-state index in [-0.39, 0.29) is 32.5 Å². The molecule has 1 aromatic heterocycles. The molecule has 10 heteroatoms. The van der Waals surface area contributed by atoms with Crippen molar-refractivity contribution in [1.29, 1.82) is 0 Å². The lowest BCUT2D eigenvalue weighted by molar-refractivity contribution is -0.186. The van der Waals surface area contributed by atoms with Crippen LogP contribution in [0.25, 0.3) is 0 Å². The van der Waals surface area contributed by atoms with Crippen LogP contribution in [-0.2, 0) is 4.79 Å². The number of carbonyl (C=O) groups excluding carboxylic acids is 1. The number of hydrogen-bond donors (Lipinski definition) is 1. The van der Waals surface area contributed by atoms with Gasteiger partial charge in [0.2, 0.25) is 0 Å². The van der Waals surface area contributed by atoms with Gasteiger partial charge in [0.15, 0.2) is 0 Å². The normalized spacial score (nSPS) is 15.2. The Morgan fingerprint density at radius 3 is 2.52 bits per heavy atom. The molecule has 1 saturated heterocycles. The van der Waals surface area contributed by atoms with E-state index < -0.39 is 24.2 Å². The second kappa shape index (κ2) is 7.83. The van der Waals surface area contributed by atoms with Crippen molar-refractivity contribution in [2.75, 3.05) is 19.6 Å². The quantitative estimate of drug-likeness (QED) is 0.809. The number of alkyl halides is 3. The minimum Gasteiger partial charge on any atom is -0.465 e. The van der Waals surface area contributed by atoms with Gasteiger partial charge in [0, 0.05) is 31.5 Å².